The Kier molecular flexibility index (Phi) is 5.51. The number of benzene rings is 3. The number of aryl methyl sites for hydroxylation is 1. The molecule has 1 aromatic heterocycles. The third-order valence-electron chi connectivity index (χ3n) is 5.78. The highest BCUT2D eigenvalue weighted by atomic mass is 35.5. The Morgan fingerprint density at radius 2 is 1.62 bits per heavy atom. The van der Waals surface area contributed by atoms with E-state index in [0.717, 1.165) is 26.9 Å². The van der Waals surface area contributed by atoms with E-state index in [1.54, 1.807) is 30.3 Å². The number of barbiturate groups is 1. The first-order valence-corrected chi connectivity index (χ1v) is 11.1. The molecule has 3 aromatic carbocycles. The first-order chi connectivity index (χ1) is 16.4. The van der Waals surface area contributed by atoms with Gasteiger partial charge in [-0.25, -0.2) is 9.69 Å². The van der Waals surface area contributed by atoms with Crippen LogP contribution in [0.3, 0.4) is 0 Å². The van der Waals surface area contributed by atoms with Crippen LogP contribution in [0, 0.1) is 6.92 Å². The summed E-state index contributed by atoms with van der Waals surface area (Å²) in [5.41, 5.74) is 4.02. The van der Waals surface area contributed by atoms with Gasteiger partial charge >= 0.3 is 6.03 Å². The lowest BCUT2D eigenvalue weighted by Gasteiger charge is -2.26. The van der Waals surface area contributed by atoms with Crippen molar-refractivity contribution < 1.29 is 14.4 Å². The summed E-state index contributed by atoms with van der Waals surface area (Å²) in [4.78, 5) is 39.4. The van der Waals surface area contributed by atoms with E-state index in [4.69, 9.17) is 11.6 Å². The van der Waals surface area contributed by atoms with Crippen LogP contribution < -0.4 is 10.2 Å². The SMILES string of the molecule is Cc1ccc(N2C(=O)NC(=O)/C(=C\c3cn(Cc4ccc(Cl)cc4)c4ccccc34)C2=O)cc1. The highest BCUT2D eigenvalue weighted by Crippen LogP contribution is 2.27. The van der Waals surface area contributed by atoms with Gasteiger partial charge in [-0.2, -0.15) is 0 Å². The van der Waals surface area contributed by atoms with Crippen LogP contribution in [0.25, 0.3) is 17.0 Å². The van der Waals surface area contributed by atoms with E-state index in [2.05, 4.69) is 9.88 Å². The monoisotopic (exact) mass is 469 g/mol. The number of para-hydroxylation sites is 1. The van der Waals surface area contributed by atoms with Crippen molar-refractivity contribution >= 4 is 52.1 Å². The van der Waals surface area contributed by atoms with Gasteiger partial charge in [0.2, 0.25) is 0 Å². The van der Waals surface area contributed by atoms with Crippen LogP contribution in [0.2, 0.25) is 5.02 Å². The Hall–Kier alpha value is -4.16. The molecule has 0 atom stereocenters. The standard InChI is InChI=1S/C27H20ClN3O3/c1-17-6-12-21(13-7-17)31-26(33)23(25(32)29-27(31)34)14-19-16-30(24-5-3-2-4-22(19)24)15-18-8-10-20(28)11-9-18/h2-14,16H,15H2,1H3,(H,29,32,34)/b23-14+. The van der Waals surface area contributed by atoms with Crippen molar-refractivity contribution in [2.45, 2.75) is 13.5 Å². The summed E-state index contributed by atoms with van der Waals surface area (Å²) in [6.45, 7) is 2.51. The molecule has 4 aromatic rings. The van der Waals surface area contributed by atoms with Gasteiger partial charge in [-0.3, -0.25) is 14.9 Å². The predicted molar refractivity (Wildman–Crippen MR) is 133 cm³/mol. The molecule has 5 rings (SSSR count). The second-order valence-electron chi connectivity index (χ2n) is 8.15. The molecule has 4 amide bonds. The highest BCUT2D eigenvalue weighted by molar-refractivity contribution is 6.39. The van der Waals surface area contributed by atoms with Gasteiger partial charge in [0.15, 0.2) is 0 Å². The minimum atomic E-state index is -0.763. The van der Waals surface area contributed by atoms with E-state index in [1.165, 1.54) is 0 Å². The molecule has 7 heteroatoms. The molecule has 6 nitrogen and oxygen atoms in total. The smallest absolute Gasteiger partial charge is 0.335 e. The number of hydrogen-bond acceptors (Lipinski definition) is 3. The zero-order valence-corrected chi connectivity index (χ0v) is 19.0. The summed E-state index contributed by atoms with van der Waals surface area (Å²) >= 11 is 6.01. The first-order valence-electron chi connectivity index (χ1n) is 10.7. The minimum Gasteiger partial charge on any atom is -0.342 e. The summed E-state index contributed by atoms with van der Waals surface area (Å²) in [5.74, 6) is -1.37. The molecule has 0 aliphatic carbocycles. The molecule has 0 bridgehead atoms. The van der Waals surface area contributed by atoms with Crippen molar-refractivity contribution in [2.75, 3.05) is 4.90 Å². The predicted octanol–water partition coefficient (Wildman–Crippen LogP) is 5.32. The van der Waals surface area contributed by atoms with Gasteiger partial charge in [0.1, 0.15) is 5.57 Å². The molecule has 0 unspecified atom stereocenters. The van der Waals surface area contributed by atoms with Gasteiger partial charge in [0.25, 0.3) is 11.8 Å². The molecule has 34 heavy (non-hydrogen) atoms. The number of rotatable bonds is 4. The van der Waals surface area contributed by atoms with Crippen LogP contribution >= 0.6 is 11.6 Å². The number of nitrogens with zero attached hydrogens (tertiary/aromatic N) is 2. The number of fused-ring (bicyclic) bond motifs is 1. The van der Waals surface area contributed by atoms with E-state index in [0.29, 0.717) is 22.8 Å². The number of halogens is 1. The van der Waals surface area contributed by atoms with Crippen molar-refractivity contribution in [3.05, 3.63) is 106 Å². The lowest BCUT2D eigenvalue weighted by Crippen LogP contribution is -2.54. The minimum absolute atomic E-state index is 0.102. The zero-order chi connectivity index (χ0) is 23.8. The topological polar surface area (TPSA) is 71.4 Å². The van der Waals surface area contributed by atoms with Crippen molar-refractivity contribution in [3.63, 3.8) is 0 Å². The first kappa shape index (κ1) is 21.7. The van der Waals surface area contributed by atoms with E-state index < -0.39 is 17.8 Å². The largest absolute Gasteiger partial charge is 0.342 e. The molecule has 1 aliphatic rings. The fourth-order valence-electron chi connectivity index (χ4n) is 4.05. The van der Waals surface area contributed by atoms with Gasteiger partial charge in [-0.15, -0.1) is 0 Å². The number of imide groups is 2. The number of carbonyl (C=O) groups excluding carboxylic acids is 3. The van der Waals surface area contributed by atoms with Crippen molar-refractivity contribution in [2.24, 2.45) is 0 Å². The fourth-order valence-corrected chi connectivity index (χ4v) is 4.17. The zero-order valence-electron chi connectivity index (χ0n) is 18.3. The molecule has 2 heterocycles. The second-order valence-corrected chi connectivity index (χ2v) is 8.59. The van der Waals surface area contributed by atoms with Gasteiger partial charge in [0.05, 0.1) is 5.69 Å². The van der Waals surface area contributed by atoms with E-state index in [1.807, 2.05) is 61.7 Å². The van der Waals surface area contributed by atoms with E-state index in [9.17, 15) is 14.4 Å². The summed E-state index contributed by atoms with van der Waals surface area (Å²) in [7, 11) is 0. The molecule has 0 radical (unpaired) electrons. The molecule has 0 saturated carbocycles. The number of hydrogen-bond donors (Lipinski definition) is 1. The Balaban J connectivity index is 1.56. The summed E-state index contributed by atoms with van der Waals surface area (Å²) in [5, 5.41) is 3.84. The molecule has 1 N–H and O–H groups in total. The van der Waals surface area contributed by atoms with Crippen LogP contribution in [-0.2, 0) is 16.1 Å². The maximum Gasteiger partial charge on any atom is 0.335 e. The third-order valence-corrected chi connectivity index (χ3v) is 6.03. The lowest BCUT2D eigenvalue weighted by atomic mass is 10.1. The summed E-state index contributed by atoms with van der Waals surface area (Å²) in [6, 6.07) is 21.6. The Morgan fingerprint density at radius 3 is 2.35 bits per heavy atom. The average Bonchev–Trinajstić information content (AvgIpc) is 3.16. The molecule has 168 valence electrons. The van der Waals surface area contributed by atoms with Crippen molar-refractivity contribution in [3.8, 4) is 0 Å². The Morgan fingerprint density at radius 1 is 0.912 bits per heavy atom. The lowest BCUT2D eigenvalue weighted by molar-refractivity contribution is -0.122. The Bertz CT molecular complexity index is 1470. The van der Waals surface area contributed by atoms with Gasteiger partial charge in [-0.1, -0.05) is 59.6 Å². The normalized spacial score (nSPS) is 15.3. The molecule has 0 spiro atoms. The van der Waals surface area contributed by atoms with Gasteiger partial charge in [-0.05, 0) is 48.9 Å². The fraction of sp³-hybridized carbons (Fsp3) is 0.0741. The third kappa shape index (κ3) is 4.00. The Labute approximate surface area is 201 Å². The van der Waals surface area contributed by atoms with E-state index in [-0.39, 0.29) is 5.57 Å². The maximum absolute atomic E-state index is 13.3. The average molecular weight is 470 g/mol. The number of urea groups is 1. The molecule has 1 fully saturated rings. The summed E-state index contributed by atoms with van der Waals surface area (Å²) < 4.78 is 2.05. The molecule has 1 saturated heterocycles. The van der Waals surface area contributed by atoms with Crippen molar-refractivity contribution in [1.82, 2.24) is 9.88 Å². The van der Waals surface area contributed by atoms with Crippen LogP contribution in [0.5, 0.6) is 0 Å². The number of aromatic nitrogens is 1. The maximum atomic E-state index is 13.3. The second kappa shape index (κ2) is 8.65. The van der Waals surface area contributed by atoms with Crippen molar-refractivity contribution in [1.29, 1.82) is 0 Å². The highest BCUT2D eigenvalue weighted by Gasteiger charge is 2.37. The number of amides is 4. The van der Waals surface area contributed by atoms with Crippen LogP contribution in [-0.4, -0.2) is 22.4 Å². The molecule has 1 aliphatic heterocycles. The molecular formula is C27H20ClN3O3. The number of carbonyl (C=O) groups is 3. The quantitative estimate of drug-likeness (QED) is 0.325. The number of nitrogens with one attached hydrogen (secondary N) is 1. The number of anilines is 1. The molecular weight excluding hydrogens is 450 g/mol. The van der Waals surface area contributed by atoms with Crippen LogP contribution in [0.15, 0.2) is 84.6 Å². The van der Waals surface area contributed by atoms with Gasteiger partial charge in [0, 0.05) is 34.2 Å². The van der Waals surface area contributed by atoms with E-state index >= 15 is 0 Å². The summed E-state index contributed by atoms with van der Waals surface area (Å²) in [6.07, 6.45) is 3.45. The van der Waals surface area contributed by atoms with Gasteiger partial charge < -0.3 is 4.57 Å². The van der Waals surface area contributed by atoms with Crippen LogP contribution in [0.1, 0.15) is 16.7 Å². The van der Waals surface area contributed by atoms with Crippen LogP contribution in [0.4, 0.5) is 10.5 Å².